The fraction of sp³-hybridized carbons (Fsp3) is 0.636. The first-order chi connectivity index (χ1) is 9.22. The molecule has 1 aliphatic heterocycles. The summed E-state index contributed by atoms with van der Waals surface area (Å²) in [6.45, 7) is 3.34. The molecular formula is C11H14O8S. The summed E-state index contributed by atoms with van der Waals surface area (Å²) in [5, 5.41) is 9.43. The SMILES string of the molecule is CC(=O)O[C@@H]1[C@@H](OC(C)=O)[C@@H](O)OC(=S)[C@H]1OC(C)=O. The molecule has 0 bridgehead atoms. The summed E-state index contributed by atoms with van der Waals surface area (Å²) < 4.78 is 19.5. The minimum Gasteiger partial charge on any atom is -0.454 e. The third kappa shape index (κ3) is 4.14. The summed E-state index contributed by atoms with van der Waals surface area (Å²) in [6, 6.07) is 0. The number of thiocarbonyl (C=S) groups is 1. The molecule has 0 radical (unpaired) electrons. The molecule has 8 nitrogen and oxygen atoms in total. The average Bonchev–Trinajstić information content (AvgIpc) is 2.27. The fourth-order valence-electron chi connectivity index (χ4n) is 1.65. The van der Waals surface area contributed by atoms with Crippen molar-refractivity contribution in [2.45, 2.75) is 45.4 Å². The predicted molar refractivity (Wildman–Crippen MR) is 66.4 cm³/mol. The minimum absolute atomic E-state index is 0.276. The van der Waals surface area contributed by atoms with E-state index in [9.17, 15) is 19.5 Å². The largest absolute Gasteiger partial charge is 0.454 e. The number of aliphatic hydroxyl groups excluding tert-OH is 1. The maximum atomic E-state index is 11.1. The summed E-state index contributed by atoms with van der Waals surface area (Å²) in [5.74, 6) is -2.15. The highest BCUT2D eigenvalue weighted by molar-refractivity contribution is 7.80. The first kappa shape index (κ1) is 16.3. The van der Waals surface area contributed by atoms with Gasteiger partial charge in [0.1, 0.15) is 0 Å². The number of aliphatic hydroxyl groups is 1. The van der Waals surface area contributed by atoms with Crippen molar-refractivity contribution >= 4 is 35.2 Å². The predicted octanol–water partition coefficient (Wildman–Crippen LogP) is -0.543. The van der Waals surface area contributed by atoms with Gasteiger partial charge in [0.2, 0.25) is 23.5 Å². The molecule has 112 valence electrons. The zero-order chi connectivity index (χ0) is 15.4. The number of esters is 3. The smallest absolute Gasteiger partial charge is 0.303 e. The Balaban J connectivity index is 3.05. The first-order valence-corrected chi connectivity index (χ1v) is 6.03. The summed E-state index contributed by atoms with van der Waals surface area (Å²) in [6.07, 6.45) is -5.51. The Kier molecular flexibility index (Phi) is 5.40. The molecule has 9 heteroatoms. The van der Waals surface area contributed by atoms with Gasteiger partial charge in [-0.2, -0.15) is 0 Å². The number of rotatable bonds is 3. The Hall–Kier alpha value is -1.74. The molecule has 0 amide bonds. The van der Waals surface area contributed by atoms with Crippen molar-refractivity contribution in [3.05, 3.63) is 0 Å². The standard InChI is InChI=1S/C11H14O8S/c1-4(12)16-7-8(17-5(2)13)10(15)19-11(20)9(7)18-6(3)14/h7-10,15H,1-3H3/t7-,8-,9+,10+/m1/s1. The van der Waals surface area contributed by atoms with E-state index in [4.69, 9.17) is 31.2 Å². The molecule has 0 spiro atoms. The summed E-state index contributed by atoms with van der Waals surface area (Å²) in [7, 11) is 0. The molecule has 20 heavy (non-hydrogen) atoms. The first-order valence-electron chi connectivity index (χ1n) is 5.62. The van der Waals surface area contributed by atoms with Gasteiger partial charge in [0.15, 0.2) is 6.10 Å². The third-order valence-electron chi connectivity index (χ3n) is 2.27. The van der Waals surface area contributed by atoms with Crippen LogP contribution >= 0.6 is 12.2 Å². The van der Waals surface area contributed by atoms with Gasteiger partial charge in [0.25, 0.3) is 0 Å². The van der Waals surface area contributed by atoms with Crippen LogP contribution in [0.2, 0.25) is 0 Å². The minimum atomic E-state index is -1.62. The molecule has 0 aromatic heterocycles. The lowest BCUT2D eigenvalue weighted by atomic mass is 10.0. The van der Waals surface area contributed by atoms with E-state index in [1.807, 2.05) is 0 Å². The Morgan fingerprint density at radius 3 is 1.90 bits per heavy atom. The maximum absolute atomic E-state index is 11.1. The van der Waals surface area contributed by atoms with Gasteiger partial charge in [-0.3, -0.25) is 14.4 Å². The van der Waals surface area contributed by atoms with Gasteiger partial charge in [-0.1, -0.05) is 0 Å². The monoisotopic (exact) mass is 306 g/mol. The molecule has 0 saturated carbocycles. The van der Waals surface area contributed by atoms with Crippen LogP contribution in [0.4, 0.5) is 0 Å². The summed E-state index contributed by atoms with van der Waals surface area (Å²) in [4.78, 5) is 33.2. The van der Waals surface area contributed by atoms with Crippen molar-refractivity contribution in [3.8, 4) is 0 Å². The molecule has 1 rings (SSSR count). The van der Waals surface area contributed by atoms with E-state index in [0.29, 0.717) is 0 Å². The second-order valence-corrected chi connectivity index (χ2v) is 4.41. The van der Waals surface area contributed by atoms with E-state index in [1.165, 1.54) is 0 Å². The highest BCUT2D eigenvalue weighted by Crippen LogP contribution is 2.25. The molecule has 1 fully saturated rings. The van der Waals surface area contributed by atoms with Crippen LogP contribution < -0.4 is 0 Å². The van der Waals surface area contributed by atoms with E-state index < -0.39 is 42.5 Å². The summed E-state index contributed by atoms with van der Waals surface area (Å²) >= 11 is 4.83. The Labute approximate surface area is 119 Å². The molecular weight excluding hydrogens is 292 g/mol. The second kappa shape index (κ2) is 6.62. The van der Waals surface area contributed by atoms with Gasteiger partial charge in [-0.25, -0.2) is 0 Å². The van der Waals surface area contributed by atoms with E-state index in [0.717, 1.165) is 20.8 Å². The van der Waals surface area contributed by atoms with Crippen LogP contribution in [0.15, 0.2) is 0 Å². The van der Waals surface area contributed by atoms with Crippen LogP contribution in [0, 0.1) is 0 Å². The number of hydrogen-bond acceptors (Lipinski definition) is 9. The Bertz CT molecular complexity index is 434. The van der Waals surface area contributed by atoms with Crippen molar-refractivity contribution in [3.63, 3.8) is 0 Å². The molecule has 0 unspecified atom stereocenters. The van der Waals surface area contributed by atoms with Gasteiger partial charge in [-0.15, -0.1) is 0 Å². The topological polar surface area (TPSA) is 108 Å². The lowest BCUT2D eigenvalue weighted by molar-refractivity contribution is -0.223. The van der Waals surface area contributed by atoms with Crippen molar-refractivity contribution < 1.29 is 38.4 Å². The molecule has 0 aliphatic carbocycles. The number of ether oxygens (including phenoxy) is 4. The van der Waals surface area contributed by atoms with Gasteiger partial charge >= 0.3 is 17.9 Å². The lowest BCUT2D eigenvalue weighted by Gasteiger charge is -2.38. The Morgan fingerprint density at radius 1 is 1.00 bits per heavy atom. The van der Waals surface area contributed by atoms with E-state index in [-0.39, 0.29) is 5.05 Å². The van der Waals surface area contributed by atoms with Gasteiger partial charge in [0, 0.05) is 20.8 Å². The van der Waals surface area contributed by atoms with Crippen molar-refractivity contribution in [2.75, 3.05) is 0 Å². The molecule has 1 aliphatic rings. The van der Waals surface area contributed by atoms with E-state index >= 15 is 0 Å². The van der Waals surface area contributed by atoms with Gasteiger partial charge in [0.05, 0.1) is 0 Å². The highest BCUT2D eigenvalue weighted by atomic mass is 32.1. The van der Waals surface area contributed by atoms with Crippen molar-refractivity contribution in [1.29, 1.82) is 0 Å². The highest BCUT2D eigenvalue weighted by Gasteiger charge is 2.49. The number of hydrogen-bond donors (Lipinski definition) is 1. The van der Waals surface area contributed by atoms with E-state index in [2.05, 4.69) is 0 Å². The zero-order valence-corrected chi connectivity index (χ0v) is 11.8. The molecule has 1 heterocycles. The van der Waals surface area contributed by atoms with Crippen molar-refractivity contribution in [1.82, 2.24) is 0 Å². The molecule has 1 N–H and O–H groups in total. The molecule has 4 atom stereocenters. The van der Waals surface area contributed by atoms with Gasteiger partial charge < -0.3 is 24.1 Å². The lowest BCUT2D eigenvalue weighted by Crippen LogP contribution is -2.59. The van der Waals surface area contributed by atoms with Crippen LogP contribution in [0.25, 0.3) is 0 Å². The average molecular weight is 306 g/mol. The van der Waals surface area contributed by atoms with Crippen LogP contribution in [0.3, 0.4) is 0 Å². The number of carbonyl (C=O) groups is 3. The third-order valence-corrected chi connectivity index (χ3v) is 2.60. The van der Waals surface area contributed by atoms with Gasteiger partial charge in [-0.05, 0) is 12.2 Å². The van der Waals surface area contributed by atoms with Crippen LogP contribution in [0.5, 0.6) is 0 Å². The molecule has 0 aromatic rings. The van der Waals surface area contributed by atoms with Crippen LogP contribution in [0.1, 0.15) is 20.8 Å². The van der Waals surface area contributed by atoms with Crippen LogP contribution in [-0.2, 0) is 33.3 Å². The van der Waals surface area contributed by atoms with E-state index in [1.54, 1.807) is 0 Å². The quantitative estimate of drug-likeness (QED) is 0.417. The van der Waals surface area contributed by atoms with Crippen LogP contribution in [-0.4, -0.2) is 52.7 Å². The summed E-state index contributed by atoms with van der Waals surface area (Å²) in [5.41, 5.74) is 0. The maximum Gasteiger partial charge on any atom is 0.303 e. The zero-order valence-electron chi connectivity index (χ0n) is 11.0. The van der Waals surface area contributed by atoms with Crippen molar-refractivity contribution in [2.24, 2.45) is 0 Å². The Morgan fingerprint density at radius 2 is 1.45 bits per heavy atom. The molecule has 1 saturated heterocycles. The normalized spacial score (nSPS) is 29.1. The fourth-order valence-corrected chi connectivity index (χ4v) is 1.93. The molecule has 0 aromatic carbocycles. The number of carbonyl (C=O) groups excluding carboxylic acids is 3. The second-order valence-electron chi connectivity index (χ2n) is 4.01.